The number of nitrogens with zero attached hydrogens (tertiary/aromatic N) is 2. The lowest BCUT2D eigenvalue weighted by Crippen LogP contribution is -2.58. The van der Waals surface area contributed by atoms with E-state index in [0.29, 0.717) is 12.0 Å². The number of piperidine rings is 3. The lowest BCUT2D eigenvalue weighted by Gasteiger charge is -2.49. The summed E-state index contributed by atoms with van der Waals surface area (Å²) in [5, 5.41) is 1.30. The SMILES string of the molecule is C[C@H]1[C@H](Oc2ccc(-c3cc4ccccc4s3)cn2)C2CCN1CC2. The second-order valence-corrected chi connectivity index (χ2v) is 8.31. The number of hydrogen-bond acceptors (Lipinski definition) is 4. The maximum absolute atomic E-state index is 6.30. The molecule has 128 valence electrons. The first-order chi connectivity index (χ1) is 12.3. The topological polar surface area (TPSA) is 25.4 Å². The Kier molecular flexibility index (Phi) is 3.75. The third-order valence-electron chi connectivity index (χ3n) is 5.79. The van der Waals surface area contributed by atoms with Gasteiger partial charge in [-0.15, -0.1) is 11.3 Å². The number of ether oxygens (including phenoxy) is 1. The van der Waals surface area contributed by atoms with Crippen LogP contribution < -0.4 is 4.74 Å². The third-order valence-corrected chi connectivity index (χ3v) is 6.96. The van der Waals surface area contributed by atoms with Crippen molar-refractivity contribution in [1.29, 1.82) is 0 Å². The summed E-state index contributed by atoms with van der Waals surface area (Å²) in [5.41, 5.74) is 1.16. The number of thiophene rings is 1. The summed E-state index contributed by atoms with van der Waals surface area (Å²) >= 11 is 1.81. The van der Waals surface area contributed by atoms with Crippen molar-refractivity contribution in [3.8, 4) is 16.3 Å². The summed E-state index contributed by atoms with van der Waals surface area (Å²) in [7, 11) is 0. The Bertz CT molecular complexity index is 845. The molecule has 6 rings (SSSR count). The summed E-state index contributed by atoms with van der Waals surface area (Å²) in [6, 6.07) is 15.4. The second kappa shape index (κ2) is 6.11. The molecule has 0 unspecified atom stereocenters. The van der Waals surface area contributed by atoms with Crippen LogP contribution in [0.5, 0.6) is 5.88 Å². The van der Waals surface area contributed by atoms with Gasteiger partial charge < -0.3 is 4.74 Å². The van der Waals surface area contributed by atoms with Gasteiger partial charge in [0.05, 0.1) is 0 Å². The van der Waals surface area contributed by atoms with Crippen molar-refractivity contribution in [2.45, 2.75) is 31.9 Å². The minimum absolute atomic E-state index is 0.283. The largest absolute Gasteiger partial charge is 0.472 e. The predicted octanol–water partition coefficient (Wildman–Crippen LogP) is 4.82. The highest BCUT2D eigenvalue weighted by Crippen LogP contribution is 2.36. The molecule has 0 aliphatic carbocycles. The normalized spacial score (nSPS) is 28.4. The van der Waals surface area contributed by atoms with E-state index >= 15 is 0 Å². The Morgan fingerprint density at radius 1 is 1.12 bits per heavy atom. The van der Waals surface area contributed by atoms with Gasteiger partial charge in [-0.1, -0.05) is 18.2 Å². The maximum atomic E-state index is 6.30. The van der Waals surface area contributed by atoms with Crippen LogP contribution in [0.4, 0.5) is 0 Å². The Morgan fingerprint density at radius 2 is 1.96 bits per heavy atom. The van der Waals surface area contributed by atoms with Gasteiger partial charge in [-0.25, -0.2) is 4.98 Å². The average molecular weight is 350 g/mol. The molecule has 25 heavy (non-hydrogen) atoms. The first-order valence-electron chi connectivity index (χ1n) is 9.14. The zero-order valence-corrected chi connectivity index (χ0v) is 15.2. The molecule has 3 aliphatic rings. The molecule has 0 saturated carbocycles. The number of aromatic nitrogens is 1. The Labute approximate surface area is 152 Å². The zero-order valence-electron chi connectivity index (χ0n) is 14.4. The maximum Gasteiger partial charge on any atom is 0.213 e. The van der Waals surface area contributed by atoms with Gasteiger partial charge >= 0.3 is 0 Å². The van der Waals surface area contributed by atoms with Crippen molar-refractivity contribution >= 4 is 21.4 Å². The molecule has 2 aromatic heterocycles. The monoisotopic (exact) mass is 350 g/mol. The molecule has 0 amide bonds. The minimum atomic E-state index is 0.283. The molecule has 2 atom stereocenters. The number of rotatable bonds is 3. The Balaban J connectivity index is 1.36. The molecule has 3 aromatic rings. The number of pyridine rings is 1. The van der Waals surface area contributed by atoms with Crippen LogP contribution in [0.15, 0.2) is 48.7 Å². The summed E-state index contributed by atoms with van der Waals surface area (Å²) < 4.78 is 7.62. The van der Waals surface area contributed by atoms with Gasteiger partial charge in [0.15, 0.2) is 0 Å². The average Bonchev–Trinajstić information content (AvgIpc) is 3.10. The molecule has 4 heteroatoms. The number of hydrogen-bond donors (Lipinski definition) is 0. The van der Waals surface area contributed by atoms with Crippen LogP contribution in [-0.2, 0) is 0 Å². The molecule has 3 nitrogen and oxygen atoms in total. The van der Waals surface area contributed by atoms with E-state index in [1.807, 2.05) is 23.6 Å². The molecule has 1 aromatic carbocycles. The smallest absolute Gasteiger partial charge is 0.213 e. The summed E-state index contributed by atoms with van der Waals surface area (Å²) in [6.07, 6.45) is 4.75. The van der Waals surface area contributed by atoms with Gasteiger partial charge in [0.2, 0.25) is 5.88 Å². The van der Waals surface area contributed by atoms with E-state index in [9.17, 15) is 0 Å². The number of fused-ring (bicyclic) bond motifs is 4. The summed E-state index contributed by atoms with van der Waals surface area (Å²) in [6.45, 7) is 4.75. The van der Waals surface area contributed by atoms with Crippen molar-refractivity contribution in [2.75, 3.05) is 13.1 Å². The van der Waals surface area contributed by atoms with Gasteiger partial charge in [-0.2, -0.15) is 0 Å². The molecule has 3 aliphatic heterocycles. The van der Waals surface area contributed by atoms with E-state index in [1.165, 1.54) is 40.9 Å². The highest BCUT2D eigenvalue weighted by atomic mass is 32.1. The van der Waals surface area contributed by atoms with E-state index < -0.39 is 0 Å². The molecular weight excluding hydrogens is 328 g/mol. The minimum Gasteiger partial charge on any atom is -0.472 e. The Morgan fingerprint density at radius 3 is 2.68 bits per heavy atom. The molecule has 2 bridgehead atoms. The van der Waals surface area contributed by atoms with Gasteiger partial charge in [0.25, 0.3) is 0 Å². The van der Waals surface area contributed by atoms with Crippen LogP contribution in [0.3, 0.4) is 0 Å². The first-order valence-corrected chi connectivity index (χ1v) is 9.95. The van der Waals surface area contributed by atoms with Crippen molar-refractivity contribution < 1.29 is 4.74 Å². The van der Waals surface area contributed by atoms with Gasteiger partial charge in [0.1, 0.15) is 6.10 Å². The molecule has 0 N–H and O–H groups in total. The molecule has 0 radical (unpaired) electrons. The highest BCUT2D eigenvalue weighted by molar-refractivity contribution is 7.22. The molecule has 5 heterocycles. The van der Waals surface area contributed by atoms with E-state index in [4.69, 9.17) is 4.74 Å². The van der Waals surface area contributed by atoms with Crippen LogP contribution in [0.25, 0.3) is 20.5 Å². The fraction of sp³-hybridized carbons (Fsp3) is 0.381. The fourth-order valence-corrected chi connectivity index (χ4v) is 5.36. The van der Waals surface area contributed by atoms with Gasteiger partial charge in [-0.3, -0.25) is 4.90 Å². The van der Waals surface area contributed by atoms with E-state index in [1.54, 1.807) is 0 Å². The fourth-order valence-electron chi connectivity index (χ4n) is 4.31. The summed E-state index contributed by atoms with van der Waals surface area (Å²) in [4.78, 5) is 8.42. The van der Waals surface area contributed by atoms with Crippen molar-refractivity contribution in [2.24, 2.45) is 5.92 Å². The first kappa shape index (κ1) is 15.4. The van der Waals surface area contributed by atoms with E-state index in [-0.39, 0.29) is 6.10 Å². The number of benzene rings is 1. The van der Waals surface area contributed by atoms with Gasteiger partial charge in [0, 0.05) is 33.4 Å². The lowest BCUT2D eigenvalue weighted by molar-refractivity contribution is -0.0525. The molecular formula is C21H22N2OS. The highest BCUT2D eigenvalue weighted by Gasteiger charge is 2.41. The third kappa shape index (κ3) is 2.74. The van der Waals surface area contributed by atoms with Crippen LogP contribution in [0.1, 0.15) is 19.8 Å². The second-order valence-electron chi connectivity index (χ2n) is 7.23. The van der Waals surface area contributed by atoms with Crippen molar-refractivity contribution in [3.05, 3.63) is 48.7 Å². The van der Waals surface area contributed by atoms with Crippen LogP contribution in [-0.4, -0.2) is 35.1 Å². The van der Waals surface area contributed by atoms with E-state index in [0.717, 1.165) is 11.4 Å². The summed E-state index contributed by atoms with van der Waals surface area (Å²) in [5.74, 6) is 1.44. The Hall–Kier alpha value is -1.91. The molecule has 3 fully saturated rings. The molecule has 3 saturated heterocycles. The molecule has 0 spiro atoms. The predicted molar refractivity (Wildman–Crippen MR) is 103 cm³/mol. The van der Waals surface area contributed by atoms with E-state index in [2.05, 4.69) is 53.2 Å². The zero-order chi connectivity index (χ0) is 16.8. The van der Waals surface area contributed by atoms with Crippen LogP contribution >= 0.6 is 11.3 Å². The van der Waals surface area contributed by atoms with Crippen LogP contribution in [0.2, 0.25) is 0 Å². The standard InChI is InChI=1S/C21H22N2OS/c1-14-21(15-8-10-23(14)11-9-15)24-20-7-6-17(13-22-20)19-12-16-4-2-3-5-18(16)25-19/h2-7,12-15,21H,8-11H2,1H3/t14-,21-/m0/s1. The van der Waals surface area contributed by atoms with Gasteiger partial charge in [-0.05, 0) is 62.4 Å². The van der Waals surface area contributed by atoms with Crippen molar-refractivity contribution in [1.82, 2.24) is 9.88 Å². The quantitative estimate of drug-likeness (QED) is 0.677. The van der Waals surface area contributed by atoms with Crippen molar-refractivity contribution in [3.63, 3.8) is 0 Å². The van der Waals surface area contributed by atoms with Crippen LogP contribution in [0, 0.1) is 5.92 Å². The lowest BCUT2D eigenvalue weighted by atomic mass is 9.81.